The van der Waals surface area contributed by atoms with E-state index in [0.717, 1.165) is 49.2 Å². The van der Waals surface area contributed by atoms with E-state index in [4.69, 9.17) is 0 Å². The first-order chi connectivity index (χ1) is 18.3. The van der Waals surface area contributed by atoms with Gasteiger partial charge in [0.15, 0.2) is 0 Å². The number of halogens is 3. The van der Waals surface area contributed by atoms with E-state index < -0.39 is 17.6 Å². The number of carbonyl (C=O) groups is 1. The molecule has 1 aromatic heterocycles. The number of aromatic nitrogens is 1. The van der Waals surface area contributed by atoms with E-state index in [9.17, 15) is 18.0 Å². The van der Waals surface area contributed by atoms with E-state index in [1.54, 1.807) is 36.5 Å². The van der Waals surface area contributed by atoms with Crippen LogP contribution in [0.1, 0.15) is 27.2 Å². The van der Waals surface area contributed by atoms with Crippen molar-refractivity contribution in [2.45, 2.75) is 19.5 Å². The third-order valence-corrected chi connectivity index (χ3v) is 6.66. The predicted molar refractivity (Wildman–Crippen MR) is 145 cm³/mol. The summed E-state index contributed by atoms with van der Waals surface area (Å²) in [6.07, 6.45) is -1.98. The number of amides is 1. The van der Waals surface area contributed by atoms with Gasteiger partial charge in [0.1, 0.15) is 0 Å². The Morgan fingerprint density at radius 3 is 2.55 bits per heavy atom. The average molecular weight is 517 g/mol. The highest BCUT2D eigenvalue weighted by Crippen LogP contribution is 2.37. The monoisotopic (exact) mass is 516 g/mol. The maximum atomic E-state index is 13.7. The normalized spacial score (nSPS) is 13.0. The number of alkyl halides is 3. The quantitative estimate of drug-likeness (QED) is 0.296. The Labute approximate surface area is 219 Å². The number of hydrogen-bond acceptors (Lipinski definition) is 4. The van der Waals surface area contributed by atoms with Gasteiger partial charge in [-0.1, -0.05) is 42.5 Å². The lowest BCUT2D eigenvalue weighted by Gasteiger charge is -2.32. The zero-order valence-corrected chi connectivity index (χ0v) is 20.8. The number of benzene rings is 3. The molecule has 1 amide bonds. The summed E-state index contributed by atoms with van der Waals surface area (Å²) in [5, 5.41) is 6.18. The molecule has 0 atom stereocenters. The van der Waals surface area contributed by atoms with Gasteiger partial charge in [-0.05, 0) is 60.0 Å². The zero-order valence-electron chi connectivity index (χ0n) is 20.8. The van der Waals surface area contributed by atoms with Crippen molar-refractivity contribution >= 4 is 23.0 Å². The van der Waals surface area contributed by atoms with Crippen molar-refractivity contribution in [2.24, 2.45) is 0 Å². The summed E-state index contributed by atoms with van der Waals surface area (Å²) in [4.78, 5) is 20.0. The molecule has 3 aromatic carbocycles. The molecule has 194 valence electrons. The van der Waals surface area contributed by atoms with Crippen LogP contribution in [0, 0.1) is 6.92 Å². The number of rotatable bonds is 6. The molecule has 0 saturated heterocycles. The molecular weight excluding hydrogens is 489 g/mol. The number of anilines is 3. The molecule has 2 N–H and O–H groups in total. The maximum Gasteiger partial charge on any atom is 0.416 e. The van der Waals surface area contributed by atoms with E-state index in [-0.39, 0.29) is 11.1 Å². The van der Waals surface area contributed by atoms with Crippen molar-refractivity contribution in [1.29, 1.82) is 0 Å². The van der Waals surface area contributed by atoms with Gasteiger partial charge >= 0.3 is 6.18 Å². The molecule has 0 aliphatic carbocycles. The molecule has 0 bridgehead atoms. The third-order valence-electron chi connectivity index (χ3n) is 6.66. The van der Waals surface area contributed by atoms with Crippen LogP contribution in [-0.4, -0.2) is 30.5 Å². The summed E-state index contributed by atoms with van der Waals surface area (Å²) in [6, 6.07) is 22.7. The highest BCUT2D eigenvalue weighted by molar-refractivity contribution is 6.09. The van der Waals surface area contributed by atoms with Gasteiger partial charge in [-0.2, -0.15) is 13.2 Å². The number of carbonyl (C=O) groups excluding carboxylic acids is 1. The molecule has 0 fully saturated rings. The van der Waals surface area contributed by atoms with Crippen LogP contribution in [0.5, 0.6) is 0 Å². The topological polar surface area (TPSA) is 57.3 Å². The molecule has 0 radical (unpaired) electrons. The Kier molecular flexibility index (Phi) is 7.05. The SMILES string of the molecule is Cc1cc(-c2ccccc2)c(C(=O)Nc2ccc3c(c2)NCCN3CCc2ccccn2)cc1C(F)(F)F. The van der Waals surface area contributed by atoms with Crippen LogP contribution >= 0.6 is 0 Å². The first-order valence-corrected chi connectivity index (χ1v) is 12.4. The smallest absolute Gasteiger partial charge is 0.382 e. The molecule has 38 heavy (non-hydrogen) atoms. The Bertz CT molecular complexity index is 1440. The summed E-state index contributed by atoms with van der Waals surface area (Å²) >= 11 is 0. The number of hydrogen-bond donors (Lipinski definition) is 2. The second-order valence-electron chi connectivity index (χ2n) is 9.25. The van der Waals surface area contributed by atoms with E-state index in [2.05, 4.69) is 20.5 Å². The van der Waals surface area contributed by atoms with Gasteiger partial charge in [0.25, 0.3) is 5.91 Å². The molecule has 0 saturated carbocycles. The van der Waals surface area contributed by atoms with Gasteiger partial charge in [0.2, 0.25) is 0 Å². The first-order valence-electron chi connectivity index (χ1n) is 12.4. The molecule has 8 heteroatoms. The number of fused-ring (bicyclic) bond motifs is 1. The highest BCUT2D eigenvalue weighted by Gasteiger charge is 2.34. The van der Waals surface area contributed by atoms with E-state index in [1.165, 1.54) is 13.0 Å². The molecule has 1 aliphatic heterocycles. The summed E-state index contributed by atoms with van der Waals surface area (Å²) < 4.78 is 41.1. The van der Waals surface area contributed by atoms with E-state index >= 15 is 0 Å². The molecule has 5 rings (SSSR count). The van der Waals surface area contributed by atoms with Crippen molar-refractivity contribution in [1.82, 2.24) is 4.98 Å². The predicted octanol–water partition coefficient (Wildman–Crippen LogP) is 6.80. The van der Waals surface area contributed by atoms with Crippen molar-refractivity contribution in [3.05, 3.63) is 107 Å². The van der Waals surface area contributed by atoms with Crippen molar-refractivity contribution in [3.8, 4) is 11.1 Å². The Hall–Kier alpha value is -4.33. The number of pyridine rings is 1. The summed E-state index contributed by atoms with van der Waals surface area (Å²) in [6.45, 7) is 3.76. The van der Waals surface area contributed by atoms with Crippen LogP contribution in [-0.2, 0) is 12.6 Å². The van der Waals surface area contributed by atoms with Gasteiger partial charge in [0, 0.05) is 49.2 Å². The summed E-state index contributed by atoms with van der Waals surface area (Å²) in [5.41, 5.74) is 3.72. The minimum absolute atomic E-state index is 0.0307. The van der Waals surface area contributed by atoms with Crippen molar-refractivity contribution in [3.63, 3.8) is 0 Å². The zero-order chi connectivity index (χ0) is 26.7. The first kappa shape index (κ1) is 25.3. The fourth-order valence-electron chi connectivity index (χ4n) is 4.76. The summed E-state index contributed by atoms with van der Waals surface area (Å²) in [5.74, 6) is -0.600. The molecule has 0 spiro atoms. The largest absolute Gasteiger partial charge is 0.416 e. The van der Waals surface area contributed by atoms with Gasteiger partial charge in [-0.15, -0.1) is 0 Å². The lowest BCUT2D eigenvalue weighted by atomic mass is 9.93. The second kappa shape index (κ2) is 10.6. The van der Waals surface area contributed by atoms with Crippen LogP contribution in [0.3, 0.4) is 0 Å². The van der Waals surface area contributed by atoms with Crippen LogP contribution in [0.4, 0.5) is 30.2 Å². The lowest BCUT2D eigenvalue weighted by Crippen LogP contribution is -2.35. The van der Waals surface area contributed by atoms with Gasteiger partial charge in [-0.3, -0.25) is 9.78 Å². The molecule has 0 unspecified atom stereocenters. The minimum atomic E-state index is -4.57. The van der Waals surface area contributed by atoms with Gasteiger partial charge in [-0.25, -0.2) is 0 Å². The molecule has 5 nitrogen and oxygen atoms in total. The van der Waals surface area contributed by atoms with Gasteiger partial charge < -0.3 is 15.5 Å². The fraction of sp³-hybridized carbons (Fsp3) is 0.200. The number of nitrogens with one attached hydrogen (secondary N) is 2. The molecular formula is C30H27F3N4O. The fourth-order valence-corrected chi connectivity index (χ4v) is 4.76. The Balaban J connectivity index is 1.41. The maximum absolute atomic E-state index is 13.7. The van der Waals surface area contributed by atoms with Crippen LogP contribution in [0.2, 0.25) is 0 Å². The van der Waals surface area contributed by atoms with E-state index in [0.29, 0.717) is 16.8 Å². The van der Waals surface area contributed by atoms with Crippen molar-refractivity contribution < 1.29 is 18.0 Å². The second-order valence-corrected chi connectivity index (χ2v) is 9.25. The highest BCUT2D eigenvalue weighted by atomic mass is 19.4. The van der Waals surface area contributed by atoms with Crippen LogP contribution in [0.15, 0.2) is 85.1 Å². The summed E-state index contributed by atoms with van der Waals surface area (Å²) in [7, 11) is 0. The Morgan fingerprint density at radius 2 is 1.82 bits per heavy atom. The van der Waals surface area contributed by atoms with Gasteiger partial charge in [0.05, 0.1) is 16.9 Å². The van der Waals surface area contributed by atoms with Crippen molar-refractivity contribution in [2.75, 3.05) is 35.2 Å². The average Bonchev–Trinajstić information content (AvgIpc) is 2.92. The van der Waals surface area contributed by atoms with E-state index in [1.807, 2.05) is 36.4 Å². The van der Waals surface area contributed by atoms with Crippen LogP contribution in [0.25, 0.3) is 11.1 Å². The van der Waals surface area contributed by atoms with Crippen LogP contribution < -0.4 is 15.5 Å². The Morgan fingerprint density at radius 1 is 1.03 bits per heavy atom. The lowest BCUT2D eigenvalue weighted by molar-refractivity contribution is -0.138. The molecule has 2 heterocycles. The number of aryl methyl sites for hydroxylation is 1. The third kappa shape index (κ3) is 5.49. The number of nitrogens with zero attached hydrogens (tertiary/aromatic N) is 2. The molecule has 4 aromatic rings. The molecule has 1 aliphatic rings. The standard InChI is InChI=1S/C30H27F3N4O/c1-20-17-24(21-7-3-2-4-8-21)25(19-26(20)30(31,32)33)29(38)36-23-10-11-28-27(18-23)35-14-16-37(28)15-12-22-9-5-6-13-34-22/h2-11,13,17-19,35H,12,14-16H2,1H3,(H,36,38). The minimum Gasteiger partial charge on any atom is -0.382 e.